The molecule has 1 aliphatic heterocycles. The van der Waals surface area contributed by atoms with E-state index < -0.39 is 0 Å². The average molecular weight is 311 g/mol. The molecule has 0 amide bonds. The molecule has 1 aromatic heterocycles. The molecule has 6 nitrogen and oxygen atoms in total. The summed E-state index contributed by atoms with van der Waals surface area (Å²) in [5, 5.41) is 9.86. The zero-order chi connectivity index (χ0) is 12.4. The Morgan fingerprint density at radius 1 is 1.33 bits per heavy atom. The number of hydrogen-bond acceptors (Lipinski definition) is 5. The van der Waals surface area contributed by atoms with Gasteiger partial charge in [0.25, 0.3) is 0 Å². The van der Waals surface area contributed by atoms with Gasteiger partial charge in [-0.2, -0.15) is 5.10 Å². The van der Waals surface area contributed by atoms with E-state index >= 15 is 0 Å². The van der Waals surface area contributed by atoms with Crippen LogP contribution in [0.3, 0.4) is 0 Å². The lowest BCUT2D eigenvalue weighted by Gasteiger charge is -2.06. The van der Waals surface area contributed by atoms with Crippen LogP contribution in [-0.2, 0) is 13.1 Å². The number of aromatic nitrogens is 3. The summed E-state index contributed by atoms with van der Waals surface area (Å²) in [7, 11) is 0. The number of hydrogen-bond donors (Lipinski definition) is 2. The van der Waals surface area contributed by atoms with Crippen LogP contribution in [0.2, 0.25) is 0 Å². The molecule has 18 heavy (non-hydrogen) atoms. The predicted octanol–water partition coefficient (Wildman–Crippen LogP) is 1.59. The number of ether oxygens (including phenoxy) is 2. The number of nitrogens with zero attached hydrogens (tertiary/aromatic N) is 2. The van der Waals surface area contributed by atoms with E-state index in [1.165, 1.54) is 6.33 Å². The maximum Gasteiger partial charge on any atom is 0.231 e. The number of rotatable bonds is 4. The van der Waals surface area contributed by atoms with Gasteiger partial charge in [0.1, 0.15) is 12.2 Å². The molecule has 0 saturated heterocycles. The Morgan fingerprint density at radius 2 is 2.28 bits per heavy atom. The molecule has 1 aliphatic rings. The van der Waals surface area contributed by atoms with E-state index in [0.29, 0.717) is 6.54 Å². The van der Waals surface area contributed by atoms with Gasteiger partial charge in [0.2, 0.25) is 6.79 Å². The molecule has 3 rings (SSSR count). The van der Waals surface area contributed by atoms with Crippen molar-refractivity contribution >= 4 is 15.9 Å². The first-order valence-electron chi connectivity index (χ1n) is 5.46. The second-order valence-electron chi connectivity index (χ2n) is 3.85. The third-order valence-corrected chi connectivity index (χ3v) is 3.16. The molecule has 2 N–H and O–H groups in total. The van der Waals surface area contributed by atoms with Gasteiger partial charge in [-0.15, -0.1) is 0 Å². The standard InChI is InChI=1S/C11H11BrN4O2/c12-8-1-7(2-9-11(8)18-6-17-9)3-13-4-10-14-5-15-16-10/h1-2,5,13H,3-4,6H2,(H,14,15,16). The summed E-state index contributed by atoms with van der Waals surface area (Å²) < 4.78 is 11.6. The molecule has 2 aromatic rings. The van der Waals surface area contributed by atoms with Crippen LogP contribution in [0.4, 0.5) is 0 Å². The fourth-order valence-corrected chi connectivity index (χ4v) is 2.37. The second-order valence-corrected chi connectivity index (χ2v) is 4.70. The first kappa shape index (κ1) is 11.5. The van der Waals surface area contributed by atoms with Crippen LogP contribution >= 0.6 is 15.9 Å². The third kappa shape index (κ3) is 2.32. The van der Waals surface area contributed by atoms with E-state index in [4.69, 9.17) is 9.47 Å². The summed E-state index contributed by atoms with van der Waals surface area (Å²) in [6, 6.07) is 3.99. The molecule has 0 spiro atoms. The normalized spacial score (nSPS) is 12.9. The highest BCUT2D eigenvalue weighted by atomic mass is 79.9. The number of aromatic amines is 1. The predicted molar refractivity (Wildman–Crippen MR) is 67.2 cm³/mol. The van der Waals surface area contributed by atoms with Crippen molar-refractivity contribution in [1.29, 1.82) is 0 Å². The zero-order valence-corrected chi connectivity index (χ0v) is 11.0. The summed E-state index contributed by atoms with van der Waals surface area (Å²) in [4.78, 5) is 4.04. The van der Waals surface area contributed by atoms with Gasteiger partial charge in [-0.25, -0.2) is 4.98 Å². The Hall–Kier alpha value is -1.60. The highest BCUT2D eigenvalue weighted by Crippen LogP contribution is 2.39. The van der Waals surface area contributed by atoms with Gasteiger partial charge >= 0.3 is 0 Å². The van der Waals surface area contributed by atoms with Gasteiger partial charge in [0.15, 0.2) is 11.5 Å². The van der Waals surface area contributed by atoms with Crippen LogP contribution in [0.15, 0.2) is 22.9 Å². The van der Waals surface area contributed by atoms with Gasteiger partial charge in [-0.05, 0) is 33.6 Å². The summed E-state index contributed by atoms with van der Waals surface area (Å²) in [6.07, 6.45) is 1.49. The topological polar surface area (TPSA) is 72.1 Å². The Bertz CT molecular complexity index is 544. The largest absolute Gasteiger partial charge is 0.454 e. The Balaban J connectivity index is 1.65. The average Bonchev–Trinajstić information content (AvgIpc) is 2.99. The Morgan fingerprint density at radius 3 is 3.11 bits per heavy atom. The van der Waals surface area contributed by atoms with Crippen LogP contribution in [0.1, 0.15) is 11.4 Å². The number of halogens is 1. The van der Waals surface area contributed by atoms with E-state index in [1.54, 1.807) is 0 Å². The molecule has 0 unspecified atom stereocenters. The number of fused-ring (bicyclic) bond motifs is 1. The van der Waals surface area contributed by atoms with Crippen molar-refractivity contribution < 1.29 is 9.47 Å². The minimum atomic E-state index is 0.281. The van der Waals surface area contributed by atoms with Crippen molar-refractivity contribution in [2.45, 2.75) is 13.1 Å². The molecule has 2 heterocycles. The SMILES string of the molecule is Brc1cc(CNCc2ncn[nH]2)cc2c1OCO2. The Labute approximate surface area is 112 Å². The monoisotopic (exact) mass is 310 g/mol. The zero-order valence-electron chi connectivity index (χ0n) is 9.44. The number of H-pyrrole nitrogens is 1. The Kier molecular flexibility index (Phi) is 3.16. The minimum Gasteiger partial charge on any atom is -0.454 e. The van der Waals surface area contributed by atoms with Crippen LogP contribution in [0.25, 0.3) is 0 Å². The lowest BCUT2D eigenvalue weighted by Crippen LogP contribution is -2.13. The highest BCUT2D eigenvalue weighted by molar-refractivity contribution is 9.10. The van der Waals surface area contributed by atoms with Crippen molar-refractivity contribution in [2.24, 2.45) is 0 Å². The molecule has 94 valence electrons. The number of benzene rings is 1. The van der Waals surface area contributed by atoms with Crippen molar-refractivity contribution in [2.75, 3.05) is 6.79 Å². The van der Waals surface area contributed by atoms with Crippen molar-refractivity contribution in [3.8, 4) is 11.5 Å². The first-order valence-corrected chi connectivity index (χ1v) is 6.25. The van der Waals surface area contributed by atoms with Crippen LogP contribution in [0, 0.1) is 0 Å². The van der Waals surface area contributed by atoms with Gasteiger partial charge in [-0.1, -0.05) is 0 Å². The molecule has 1 aromatic carbocycles. The molecular weight excluding hydrogens is 300 g/mol. The molecule has 0 bridgehead atoms. The maximum absolute atomic E-state index is 5.36. The lowest BCUT2D eigenvalue weighted by atomic mass is 10.2. The summed E-state index contributed by atoms with van der Waals surface area (Å²) in [5.41, 5.74) is 1.12. The van der Waals surface area contributed by atoms with Crippen LogP contribution in [-0.4, -0.2) is 22.0 Å². The number of nitrogens with one attached hydrogen (secondary N) is 2. The summed E-state index contributed by atoms with van der Waals surface area (Å²) in [5.74, 6) is 2.37. The summed E-state index contributed by atoms with van der Waals surface area (Å²) >= 11 is 3.47. The van der Waals surface area contributed by atoms with Crippen molar-refractivity contribution in [3.05, 3.63) is 34.3 Å². The molecule has 0 radical (unpaired) electrons. The summed E-state index contributed by atoms with van der Waals surface area (Å²) in [6.45, 7) is 1.64. The van der Waals surface area contributed by atoms with Gasteiger partial charge in [-0.3, -0.25) is 5.10 Å². The molecule has 7 heteroatoms. The molecule has 0 aliphatic carbocycles. The van der Waals surface area contributed by atoms with E-state index in [-0.39, 0.29) is 6.79 Å². The van der Waals surface area contributed by atoms with Gasteiger partial charge in [0, 0.05) is 6.54 Å². The second kappa shape index (κ2) is 4.95. The third-order valence-electron chi connectivity index (χ3n) is 2.57. The molecular formula is C11H11BrN4O2. The van der Waals surface area contributed by atoms with E-state index in [9.17, 15) is 0 Å². The minimum absolute atomic E-state index is 0.281. The molecule has 0 saturated carbocycles. The molecule has 0 atom stereocenters. The first-order chi connectivity index (χ1) is 8.83. The fraction of sp³-hybridized carbons (Fsp3) is 0.273. The van der Waals surface area contributed by atoms with Gasteiger partial charge < -0.3 is 14.8 Å². The van der Waals surface area contributed by atoms with Crippen LogP contribution < -0.4 is 14.8 Å². The highest BCUT2D eigenvalue weighted by Gasteiger charge is 2.17. The van der Waals surface area contributed by atoms with Gasteiger partial charge in [0.05, 0.1) is 11.0 Å². The van der Waals surface area contributed by atoms with E-state index in [1.807, 2.05) is 12.1 Å². The van der Waals surface area contributed by atoms with Crippen LogP contribution in [0.5, 0.6) is 11.5 Å². The molecule has 0 fully saturated rings. The van der Waals surface area contributed by atoms with E-state index in [2.05, 4.69) is 36.4 Å². The quantitative estimate of drug-likeness (QED) is 0.897. The van der Waals surface area contributed by atoms with Crippen molar-refractivity contribution in [3.63, 3.8) is 0 Å². The fourth-order valence-electron chi connectivity index (χ4n) is 1.76. The van der Waals surface area contributed by atoms with E-state index in [0.717, 1.165) is 33.9 Å². The smallest absolute Gasteiger partial charge is 0.231 e. The lowest BCUT2D eigenvalue weighted by molar-refractivity contribution is 0.173. The maximum atomic E-state index is 5.36. The van der Waals surface area contributed by atoms with Crippen molar-refractivity contribution in [1.82, 2.24) is 20.5 Å².